The number of ether oxygens (including phenoxy) is 2. The predicted octanol–water partition coefficient (Wildman–Crippen LogP) is 1.73. The number of aliphatic imine (C=N–C) groups is 2. The van der Waals surface area contributed by atoms with Crippen LogP contribution >= 0.6 is 0 Å². The monoisotopic (exact) mass is 363 g/mol. The zero-order valence-corrected chi connectivity index (χ0v) is 14.8. The summed E-state index contributed by atoms with van der Waals surface area (Å²) in [6.07, 6.45) is 4.26. The molecular weight excluding hydrogens is 341 g/mol. The van der Waals surface area contributed by atoms with Crippen LogP contribution in [0.5, 0.6) is 5.75 Å². The van der Waals surface area contributed by atoms with Crippen molar-refractivity contribution in [1.82, 2.24) is 0 Å². The highest BCUT2D eigenvalue weighted by atomic mass is 19.1. The number of benzene rings is 1. The lowest BCUT2D eigenvalue weighted by Gasteiger charge is -2.45. The Morgan fingerprint density at radius 3 is 2.54 bits per heavy atom. The van der Waals surface area contributed by atoms with E-state index in [1.807, 2.05) is 0 Å². The molecule has 0 unspecified atom stereocenters. The van der Waals surface area contributed by atoms with Crippen LogP contribution in [0.25, 0.3) is 0 Å². The summed E-state index contributed by atoms with van der Waals surface area (Å²) >= 11 is 0. The molecule has 3 rings (SSSR count). The topological polar surface area (TPSA) is 116 Å². The minimum Gasteiger partial charge on any atom is -0.492 e. The van der Waals surface area contributed by atoms with Crippen LogP contribution in [-0.2, 0) is 4.74 Å². The number of hydrogen-bond donors (Lipinski definition) is 2. The van der Waals surface area contributed by atoms with Gasteiger partial charge in [-0.05, 0) is 37.8 Å². The largest absolute Gasteiger partial charge is 0.492 e. The first kappa shape index (κ1) is 18.0. The quantitative estimate of drug-likeness (QED) is 0.790. The number of guanidine groups is 2. The summed E-state index contributed by atoms with van der Waals surface area (Å²) in [4.78, 5) is 22.1. The van der Waals surface area contributed by atoms with Crippen LogP contribution in [0.4, 0.5) is 10.1 Å². The highest BCUT2D eigenvalue weighted by Crippen LogP contribution is 2.43. The van der Waals surface area contributed by atoms with Crippen molar-refractivity contribution in [3.05, 3.63) is 23.5 Å². The van der Waals surface area contributed by atoms with Crippen LogP contribution in [0.1, 0.15) is 42.5 Å². The minimum absolute atomic E-state index is 0.0436. The Balaban J connectivity index is 2.20. The van der Waals surface area contributed by atoms with Gasteiger partial charge in [0.05, 0.1) is 25.5 Å². The van der Waals surface area contributed by atoms with Crippen molar-refractivity contribution in [2.75, 3.05) is 19.1 Å². The van der Waals surface area contributed by atoms with Gasteiger partial charge in [0.15, 0.2) is 11.6 Å². The molecule has 0 atom stereocenters. The van der Waals surface area contributed by atoms with E-state index in [-0.39, 0.29) is 28.9 Å². The lowest BCUT2D eigenvalue weighted by molar-refractivity contribution is 0.0600. The van der Waals surface area contributed by atoms with Crippen molar-refractivity contribution in [3.8, 4) is 5.75 Å². The molecule has 1 saturated carbocycles. The van der Waals surface area contributed by atoms with Crippen LogP contribution in [0, 0.1) is 5.82 Å². The molecule has 0 amide bonds. The van der Waals surface area contributed by atoms with Gasteiger partial charge >= 0.3 is 5.97 Å². The van der Waals surface area contributed by atoms with Gasteiger partial charge in [-0.1, -0.05) is 6.42 Å². The van der Waals surface area contributed by atoms with E-state index in [2.05, 4.69) is 9.98 Å². The molecule has 0 saturated heterocycles. The smallest absolute Gasteiger partial charge is 0.338 e. The van der Waals surface area contributed by atoms with Crippen molar-refractivity contribution in [3.63, 3.8) is 0 Å². The zero-order valence-electron chi connectivity index (χ0n) is 14.8. The Bertz CT molecular complexity index is 787. The molecule has 4 N–H and O–H groups in total. The van der Waals surface area contributed by atoms with Gasteiger partial charge < -0.3 is 20.9 Å². The second kappa shape index (κ2) is 6.81. The fourth-order valence-electron chi connectivity index (χ4n) is 3.65. The van der Waals surface area contributed by atoms with E-state index in [9.17, 15) is 9.18 Å². The van der Waals surface area contributed by atoms with E-state index in [4.69, 9.17) is 20.9 Å². The van der Waals surface area contributed by atoms with E-state index in [0.717, 1.165) is 25.3 Å². The maximum absolute atomic E-state index is 14.6. The van der Waals surface area contributed by atoms with Gasteiger partial charge in [-0.25, -0.2) is 14.2 Å². The number of carbonyl (C=O) groups is 1. The first-order chi connectivity index (χ1) is 12.4. The van der Waals surface area contributed by atoms with E-state index >= 15 is 0 Å². The number of halogens is 1. The molecule has 0 bridgehead atoms. The molecule has 1 heterocycles. The molecule has 1 aromatic rings. The van der Waals surface area contributed by atoms with Crippen molar-refractivity contribution >= 4 is 23.6 Å². The highest BCUT2D eigenvalue weighted by molar-refractivity contribution is 6.07. The molecule has 2 aliphatic rings. The summed E-state index contributed by atoms with van der Waals surface area (Å²) in [7, 11) is 2.58. The molecule has 1 spiro atoms. The van der Waals surface area contributed by atoms with E-state index in [1.54, 1.807) is 4.90 Å². The standard InChI is InChI=1S/C17H22FN5O3/c1-25-13-11(18)8-10(14(24)26-2)9-12(13)23-16(20)21-15(19)22-17(23)6-4-3-5-7-17/h8-9H,3-7H2,1-2H3,(H4,19,20,21,22). The number of rotatable bonds is 3. The number of hydrogen-bond acceptors (Lipinski definition) is 8. The number of esters is 1. The number of carbonyl (C=O) groups excluding carboxylic acids is 1. The fourth-order valence-corrected chi connectivity index (χ4v) is 3.65. The molecule has 140 valence electrons. The Hall–Kier alpha value is -2.84. The first-order valence-corrected chi connectivity index (χ1v) is 8.37. The molecule has 26 heavy (non-hydrogen) atoms. The molecular formula is C17H22FN5O3. The SMILES string of the molecule is COC(=O)c1cc(F)c(OC)c(N2C(N)=NC(N)=NC23CCCCC3)c1. The van der Waals surface area contributed by atoms with E-state index < -0.39 is 17.4 Å². The second-order valence-corrected chi connectivity index (χ2v) is 6.32. The van der Waals surface area contributed by atoms with Gasteiger partial charge in [0, 0.05) is 0 Å². The number of nitrogens with zero attached hydrogens (tertiary/aromatic N) is 3. The van der Waals surface area contributed by atoms with Crippen LogP contribution in [-0.4, -0.2) is 37.8 Å². The summed E-state index contributed by atoms with van der Waals surface area (Å²) in [5, 5.41) is 0. The van der Waals surface area contributed by atoms with Crippen LogP contribution in [0.2, 0.25) is 0 Å². The Labute approximate surface area is 150 Å². The third-order valence-electron chi connectivity index (χ3n) is 4.74. The summed E-state index contributed by atoms with van der Waals surface area (Å²) in [6, 6.07) is 2.54. The van der Waals surface area contributed by atoms with Crippen molar-refractivity contribution < 1.29 is 18.7 Å². The lowest BCUT2D eigenvalue weighted by Crippen LogP contribution is -2.58. The van der Waals surface area contributed by atoms with Gasteiger partial charge in [-0.2, -0.15) is 4.99 Å². The normalized spacial score (nSPS) is 19.0. The van der Waals surface area contributed by atoms with Gasteiger partial charge in [0.1, 0.15) is 5.66 Å². The maximum atomic E-state index is 14.6. The zero-order chi connectivity index (χ0) is 18.9. The molecule has 1 aromatic carbocycles. The third-order valence-corrected chi connectivity index (χ3v) is 4.74. The Morgan fingerprint density at radius 2 is 1.92 bits per heavy atom. The lowest BCUT2D eigenvalue weighted by atomic mass is 9.87. The van der Waals surface area contributed by atoms with Crippen LogP contribution in [0.15, 0.2) is 22.1 Å². The van der Waals surface area contributed by atoms with Gasteiger partial charge in [-0.3, -0.25) is 4.90 Å². The number of methoxy groups -OCH3 is 2. The molecule has 0 aromatic heterocycles. The van der Waals surface area contributed by atoms with Gasteiger partial charge in [0.25, 0.3) is 0 Å². The summed E-state index contributed by atoms with van der Waals surface area (Å²) in [6.45, 7) is 0. The van der Waals surface area contributed by atoms with Crippen LogP contribution in [0.3, 0.4) is 0 Å². The summed E-state index contributed by atoms with van der Waals surface area (Å²) < 4.78 is 24.6. The maximum Gasteiger partial charge on any atom is 0.338 e. The molecule has 0 radical (unpaired) electrons. The van der Waals surface area contributed by atoms with Gasteiger partial charge in [0.2, 0.25) is 11.9 Å². The van der Waals surface area contributed by atoms with Crippen molar-refractivity contribution in [1.29, 1.82) is 0 Å². The highest BCUT2D eigenvalue weighted by Gasteiger charge is 2.44. The molecule has 1 fully saturated rings. The van der Waals surface area contributed by atoms with E-state index in [0.29, 0.717) is 12.8 Å². The van der Waals surface area contributed by atoms with Gasteiger partial charge in [-0.15, -0.1) is 0 Å². The van der Waals surface area contributed by atoms with Crippen molar-refractivity contribution in [2.24, 2.45) is 21.5 Å². The first-order valence-electron chi connectivity index (χ1n) is 8.37. The molecule has 1 aliphatic heterocycles. The molecule has 1 aliphatic carbocycles. The van der Waals surface area contributed by atoms with E-state index in [1.165, 1.54) is 20.3 Å². The Kier molecular flexibility index (Phi) is 4.71. The fraction of sp³-hybridized carbons (Fsp3) is 0.471. The van der Waals surface area contributed by atoms with Crippen LogP contribution < -0.4 is 21.1 Å². The predicted molar refractivity (Wildman–Crippen MR) is 95.8 cm³/mol. The summed E-state index contributed by atoms with van der Waals surface area (Å²) in [5.41, 5.74) is 11.5. The summed E-state index contributed by atoms with van der Waals surface area (Å²) in [5.74, 6) is -1.24. The number of nitrogens with two attached hydrogens (primary N) is 2. The molecule has 8 nitrogen and oxygen atoms in total. The third kappa shape index (κ3) is 2.93. The number of anilines is 1. The average molecular weight is 363 g/mol. The second-order valence-electron chi connectivity index (χ2n) is 6.32. The minimum atomic E-state index is -0.775. The average Bonchev–Trinajstić information content (AvgIpc) is 2.60. The Morgan fingerprint density at radius 1 is 1.23 bits per heavy atom. The van der Waals surface area contributed by atoms with Crippen molar-refractivity contribution in [2.45, 2.75) is 37.8 Å². The molecule has 9 heteroatoms.